The molecule has 0 fully saturated rings. The van der Waals surface area contributed by atoms with Crippen LogP contribution in [0.4, 0.5) is 0 Å². The molecule has 1 N–H and O–H groups in total. The average molecular weight is 231 g/mol. The Morgan fingerprint density at radius 2 is 2.42 bits per heavy atom. The summed E-state index contributed by atoms with van der Waals surface area (Å²) in [4.78, 5) is 0. The highest BCUT2D eigenvalue weighted by atomic mass is 79.9. The van der Waals surface area contributed by atoms with Crippen LogP contribution in [0.1, 0.15) is 31.1 Å². The molecule has 0 saturated carbocycles. The van der Waals surface area contributed by atoms with Crippen LogP contribution in [-0.2, 0) is 6.54 Å². The minimum Gasteiger partial charge on any atom is -0.387 e. The van der Waals surface area contributed by atoms with Gasteiger partial charge in [-0.15, -0.1) is 0 Å². The first-order valence-corrected chi connectivity index (χ1v) is 4.97. The number of fused-ring (bicyclic) bond motifs is 1. The van der Waals surface area contributed by atoms with Gasteiger partial charge in [0.15, 0.2) is 0 Å². The summed E-state index contributed by atoms with van der Waals surface area (Å²) in [6.45, 7) is 0.929. The van der Waals surface area contributed by atoms with Crippen LogP contribution in [0, 0.1) is 0 Å². The summed E-state index contributed by atoms with van der Waals surface area (Å²) in [6.07, 6.45) is 4.45. The van der Waals surface area contributed by atoms with Gasteiger partial charge in [0.2, 0.25) is 0 Å². The lowest BCUT2D eigenvalue weighted by Crippen LogP contribution is -2.05. The van der Waals surface area contributed by atoms with Crippen molar-refractivity contribution in [3.63, 3.8) is 0 Å². The quantitative estimate of drug-likeness (QED) is 0.740. The minimum atomic E-state index is -0.343. The highest BCUT2D eigenvalue weighted by Gasteiger charge is 2.19. The van der Waals surface area contributed by atoms with Gasteiger partial charge >= 0.3 is 0 Å². The summed E-state index contributed by atoms with van der Waals surface area (Å²) in [6, 6.07) is 0. The molecule has 2 heterocycles. The first-order valence-electron chi connectivity index (χ1n) is 4.18. The number of halogens is 1. The number of aliphatic hydroxyl groups excluding tert-OH is 1. The van der Waals surface area contributed by atoms with Crippen molar-refractivity contribution in [3.8, 4) is 0 Å². The third kappa shape index (κ3) is 1.29. The molecule has 0 aromatic carbocycles. The molecule has 1 aromatic rings. The van der Waals surface area contributed by atoms with Gasteiger partial charge in [-0.1, -0.05) is 0 Å². The van der Waals surface area contributed by atoms with Crippen LogP contribution in [0.2, 0.25) is 0 Å². The maximum absolute atomic E-state index is 9.72. The topological polar surface area (TPSA) is 38.0 Å². The molecule has 1 aromatic heterocycles. The second-order valence-corrected chi connectivity index (χ2v) is 3.97. The summed E-state index contributed by atoms with van der Waals surface area (Å²) in [5.74, 6) is 0. The highest BCUT2D eigenvalue weighted by Crippen LogP contribution is 2.29. The van der Waals surface area contributed by atoms with Gasteiger partial charge in [-0.2, -0.15) is 5.10 Å². The monoisotopic (exact) mass is 230 g/mol. The van der Waals surface area contributed by atoms with Crippen molar-refractivity contribution in [2.75, 3.05) is 0 Å². The molecule has 2 rings (SSSR count). The Morgan fingerprint density at radius 3 is 3.25 bits per heavy atom. The van der Waals surface area contributed by atoms with Gasteiger partial charge < -0.3 is 5.11 Å². The number of aryl methyl sites for hydroxylation is 1. The lowest BCUT2D eigenvalue weighted by atomic mass is 10.1. The van der Waals surface area contributed by atoms with Crippen molar-refractivity contribution in [2.45, 2.75) is 31.9 Å². The molecule has 0 spiro atoms. The van der Waals surface area contributed by atoms with Gasteiger partial charge in [0.25, 0.3) is 0 Å². The average Bonchev–Trinajstić information content (AvgIpc) is 2.29. The molecule has 0 saturated heterocycles. The predicted octanol–water partition coefficient (Wildman–Crippen LogP) is 1.86. The van der Waals surface area contributed by atoms with E-state index in [1.165, 1.54) is 0 Å². The largest absolute Gasteiger partial charge is 0.387 e. The van der Waals surface area contributed by atoms with Crippen LogP contribution in [0.25, 0.3) is 0 Å². The zero-order valence-corrected chi connectivity index (χ0v) is 8.29. The third-order valence-electron chi connectivity index (χ3n) is 2.25. The zero-order valence-electron chi connectivity index (χ0n) is 6.70. The van der Waals surface area contributed by atoms with Crippen LogP contribution in [-0.4, -0.2) is 14.9 Å². The SMILES string of the molecule is OC1CCCCn2ncc(Br)c21. The van der Waals surface area contributed by atoms with E-state index >= 15 is 0 Å². The predicted molar refractivity (Wildman–Crippen MR) is 48.7 cm³/mol. The van der Waals surface area contributed by atoms with Crippen molar-refractivity contribution < 1.29 is 5.11 Å². The molecule has 1 atom stereocenters. The van der Waals surface area contributed by atoms with Gasteiger partial charge in [-0.3, -0.25) is 4.68 Å². The van der Waals surface area contributed by atoms with E-state index in [-0.39, 0.29) is 6.10 Å². The molecule has 1 unspecified atom stereocenters. The molecule has 0 aliphatic carbocycles. The summed E-state index contributed by atoms with van der Waals surface area (Å²) in [7, 11) is 0. The molecular weight excluding hydrogens is 220 g/mol. The molecule has 66 valence electrons. The fourth-order valence-electron chi connectivity index (χ4n) is 1.62. The van der Waals surface area contributed by atoms with Crippen molar-refractivity contribution in [1.82, 2.24) is 9.78 Å². The standard InChI is InChI=1S/C8H11BrN2O/c9-6-5-10-11-4-2-1-3-7(12)8(6)11/h5,7,12H,1-4H2. The van der Waals surface area contributed by atoms with Crippen LogP contribution in [0.3, 0.4) is 0 Å². The molecular formula is C8H11BrN2O. The van der Waals surface area contributed by atoms with Crippen molar-refractivity contribution >= 4 is 15.9 Å². The van der Waals surface area contributed by atoms with Crippen LogP contribution in [0.15, 0.2) is 10.7 Å². The number of nitrogens with zero attached hydrogens (tertiary/aromatic N) is 2. The Balaban J connectivity index is 2.42. The molecule has 0 amide bonds. The van der Waals surface area contributed by atoms with E-state index in [0.29, 0.717) is 0 Å². The zero-order chi connectivity index (χ0) is 8.55. The van der Waals surface area contributed by atoms with Crippen LogP contribution >= 0.6 is 15.9 Å². The van der Waals surface area contributed by atoms with E-state index in [4.69, 9.17) is 0 Å². The molecule has 0 radical (unpaired) electrons. The number of hydrogen-bond donors (Lipinski definition) is 1. The normalized spacial score (nSPS) is 23.3. The fourth-order valence-corrected chi connectivity index (χ4v) is 2.18. The fraction of sp³-hybridized carbons (Fsp3) is 0.625. The Kier molecular flexibility index (Phi) is 2.19. The summed E-state index contributed by atoms with van der Waals surface area (Å²) in [5, 5.41) is 13.9. The van der Waals surface area contributed by atoms with Crippen molar-refractivity contribution in [1.29, 1.82) is 0 Å². The maximum Gasteiger partial charge on any atom is 0.0968 e. The molecule has 12 heavy (non-hydrogen) atoms. The van der Waals surface area contributed by atoms with E-state index in [1.54, 1.807) is 6.20 Å². The number of aromatic nitrogens is 2. The Hall–Kier alpha value is -0.350. The van der Waals surface area contributed by atoms with E-state index in [1.807, 2.05) is 4.68 Å². The molecule has 1 aliphatic heterocycles. The van der Waals surface area contributed by atoms with Gasteiger partial charge in [-0.05, 0) is 35.2 Å². The van der Waals surface area contributed by atoms with Crippen molar-refractivity contribution in [2.24, 2.45) is 0 Å². The first kappa shape index (κ1) is 8.26. The smallest absolute Gasteiger partial charge is 0.0968 e. The molecule has 1 aliphatic rings. The van der Waals surface area contributed by atoms with Crippen LogP contribution < -0.4 is 0 Å². The lowest BCUT2D eigenvalue weighted by Gasteiger charge is -2.07. The van der Waals surface area contributed by atoms with Gasteiger partial charge in [0.05, 0.1) is 22.5 Å². The second-order valence-electron chi connectivity index (χ2n) is 3.11. The highest BCUT2D eigenvalue weighted by molar-refractivity contribution is 9.10. The van der Waals surface area contributed by atoms with E-state index in [9.17, 15) is 5.11 Å². The summed E-state index contributed by atoms with van der Waals surface area (Å²) in [5.41, 5.74) is 0.938. The number of hydrogen-bond acceptors (Lipinski definition) is 2. The summed E-state index contributed by atoms with van der Waals surface area (Å²) >= 11 is 3.38. The third-order valence-corrected chi connectivity index (χ3v) is 2.86. The van der Waals surface area contributed by atoms with Gasteiger partial charge in [0, 0.05) is 6.54 Å². The number of aliphatic hydroxyl groups is 1. The second kappa shape index (κ2) is 3.18. The van der Waals surface area contributed by atoms with Gasteiger partial charge in [0.1, 0.15) is 0 Å². The number of rotatable bonds is 0. The first-order chi connectivity index (χ1) is 5.79. The van der Waals surface area contributed by atoms with Gasteiger partial charge in [-0.25, -0.2) is 0 Å². The molecule has 3 nitrogen and oxygen atoms in total. The molecule has 4 heteroatoms. The lowest BCUT2D eigenvalue weighted by molar-refractivity contribution is 0.160. The summed E-state index contributed by atoms with van der Waals surface area (Å²) < 4.78 is 2.82. The van der Waals surface area contributed by atoms with E-state index < -0.39 is 0 Å². The molecule has 0 bridgehead atoms. The van der Waals surface area contributed by atoms with E-state index in [0.717, 1.165) is 36.0 Å². The minimum absolute atomic E-state index is 0.343. The Morgan fingerprint density at radius 1 is 1.58 bits per heavy atom. The Labute approximate surface area is 79.5 Å². The van der Waals surface area contributed by atoms with E-state index in [2.05, 4.69) is 21.0 Å². The van der Waals surface area contributed by atoms with Crippen molar-refractivity contribution in [3.05, 3.63) is 16.4 Å². The Bertz CT molecular complexity index is 285. The van der Waals surface area contributed by atoms with Crippen LogP contribution in [0.5, 0.6) is 0 Å². The maximum atomic E-state index is 9.72.